The molecular weight excluding hydrogens is 276 g/mol. The minimum atomic E-state index is -0.484. The summed E-state index contributed by atoms with van der Waals surface area (Å²) < 4.78 is 0. The quantitative estimate of drug-likeness (QED) is 0.892. The molecule has 2 fully saturated rings. The maximum Gasteiger partial charge on any atom is 0.242 e. The summed E-state index contributed by atoms with van der Waals surface area (Å²) in [5.74, 6) is -0.131. The van der Waals surface area contributed by atoms with E-state index in [4.69, 9.17) is 11.6 Å². The molecule has 0 aromatic heterocycles. The Bertz CT molecular complexity index is 555. The molecule has 1 saturated carbocycles. The Labute approximate surface area is 122 Å². The fraction of sp³-hybridized carbons (Fsp3) is 0.467. The molecule has 20 heavy (non-hydrogen) atoms. The van der Waals surface area contributed by atoms with Crippen LogP contribution in [-0.2, 0) is 15.0 Å². The second-order valence-electron chi connectivity index (χ2n) is 5.55. The van der Waals surface area contributed by atoms with E-state index >= 15 is 0 Å². The van der Waals surface area contributed by atoms with Crippen LogP contribution in [0.4, 0.5) is 0 Å². The van der Waals surface area contributed by atoms with Crippen molar-refractivity contribution >= 4 is 23.4 Å². The number of piperidine rings is 1. The van der Waals surface area contributed by atoms with E-state index in [2.05, 4.69) is 10.6 Å². The summed E-state index contributed by atoms with van der Waals surface area (Å²) >= 11 is 6.00. The molecule has 2 aliphatic rings. The highest BCUT2D eigenvalue weighted by Gasteiger charge is 2.52. The molecule has 2 N–H and O–H groups in total. The predicted octanol–water partition coefficient (Wildman–Crippen LogP) is 1.77. The van der Waals surface area contributed by atoms with Gasteiger partial charge in [-0.1, -0.05) is 23.7 Å². The van der Waals surface area contributed by atoms with Crippen LogP contribution in [0, 0.1) is 0 Å². The SMILES string of the molecule is O=C1NCCC[C@@H]1NC(=O)C1(c2cccc(Cl)c2)CC1. The number of carbonyl (C=O) groups is 2. The predicted molar refractivity (Wildman–Crippen MR) is 76.5 cm³/mol. The van der Waals surface area contributed by atoms with E-state index < -0.39 is 11.5 Å². The van der Waals surface area contributed by atoms with Crippen LogP contribution < -0.4 is 10.6 Å². The molecule has 1 aromatic rings. The first-order chi connectivity index (χ1) is 9.62. The lowest BCUT2D eigenvalue weighted by molar-refractivity contribution is -0.131. The largest absolute Gasteiger partial charge is 0.354 e. The number of carbonyl (C=O) groups excluding carboxylic acids is 2. The maximum atomic E-state index is 12.5. The number of amides is 2. The Kier molecular flexibility index (Phi) is 3.42. The fourth-order valence-corrected chi connectivity index (χ4v) is 2.95. The molecule has 1 aliphatic heterocycles. The molecular formula is C15H17ClN2O2. The number of halogens is 1. The Morgan fingerprint density at radius 1 is 1.40 bits per heavy atom. The molecule has 0 unspecified atom stereocenters. The maximum absolute atomic E-state index is 12.5. The Morgan fingerprint density at radius 3 is 2.85 bits per heavy atom. The lowest BCUT2D eigenvalue weighted by Gasteiger charge is -2.25. The van der Waals surface area contributed by atoms with Gasteiger partial charge in [-0.3, -0.25) is 9.59 Å². The molecule has 1 aromatic carbocycles. The van der Waals surface area contributed by atoms with Gasteiger partial charge in [0.1, 0.15) is 6.04 Å². The van der Waals surface area contributed by atoms with E-state index in [1.165, 1.54) is 0 Å². The molecule has 1 aliphatic carbocycles. The molecule has 3 rings (SSSR count). The first kappa shape index (κ1) is 13.4. The van der Waals surface area contributed by atoms with Gasteiger partial charge in [-0.2, -0.15) is 0 Å². The lowest BCUT2D eigenvalue weighted by Crippen LogP contribution is -2.52. The van der Waals surface area contributed by atoms with Gasteiger partial charge >= 0.3 is 0 Å². The van der Waals surface area contributed by atoms with Gasteiger partial charge in [-0.15, -0.1) is 0 Å². The third-order valence-corrected chi connectivity index (χ3v) is 4.39. The van der Waals surface area contributed by atoms with Crippen LogP contribution in [0.15, 0.2) is 24.3 Å². The van der Waals surface area contributed by atoms with Crippen molar-refractivity contribution in [1.82, 2.24) is 10.6 Å². The van der Waals surface area contributed by atoms with E-state index in [0.29, 0.717) is 18.0 Å². The van der Waals surface area contributed by atoms with Crippen LogP contribution in [-0.4, -0.2) is 24.4 Å². The zero-order valence-corrected chi connectivity index (χ0v) is 11.9. The highest BCUT2D eigenvalue weighted by molar-refractivity contribution is 6.30. The Morgan fingerprint density at radius 2 is 2.20 bits per heavy atom. The first-order valence-electron chi connectivity index (χ1n) is 6.96. The number of benzene rings is 1. The monoisotopic (exact) mass is 292 g/mol. The van der Waals surface area contributed by atoms with Crippen LogP contribution in [0.25, 0.3) is 0 Å². The van der Waals surface area contributed by atoms with Crippen molar-refractivity contribution in [1.29, 1.82) is 0 Å². The van der Waals surface area contributed by atoms with Gasteiger partial charge < -0.3 is 10.6 Å². The van der Waals surface area contributed by atoms with Crippen LogP contribution in [0.1, 0.15) is 31.2 Å². The van der Waals surface area contributed by atoms with Gasteiger partial charge in [0.2, 0.25) is 11.8 Å². The zero-order chi connectivity index (χ0) is 14.2. The van der Waals surface area contributed by atoms with Gasteiger partial charge in [0.15, 0.2) is 0 Å². The zero-order valence-electron chi connectivity index (χ0n) is 11.1. The van der Waals surface area contributed by atoms with Crippen LogP contribution in [0.2, 0.25) is 5.02 Å². The smallest absolute Gasteiger partial charge is 0.242 e. The van der Waals surface area contributed by atoms with Crippen molar-refractivity contribution < 1.29 is 9.59 Å². The van der Waals surface area contributed by atoms with E-state index in [1.807, 2.05) is 18.2 Å². The van der Waals surface area contributed by atoms with E-state index in [-0.39, 0.29) is 11.8 Å². The van der Waals surface area contributed by atoms with Crippen LogP contribution in [0.5, 0.6) is 0 Å². The minimum absolute atomic E-state index is 0.0539. The lowest BCUT2D eigenvalue weighted by atomic mass is 9.94. The summed E-state index contributed by atoms with van der Waals surface area (Å²) in [5, 5.41) is 6.31. The molecule has 0 bridgehead atoms. The summed E-state index contributed by atoms with van der Waals surface area (Å²) in [6.07, 6.45) is 3.24. The number of rotatable bonds is 3. The molecule has 1 saturated heterocycles. The third-order valence-electron chi connectivity index (χ3n) is 4.15. The molecule has 0 spiro atoms. The number of nitrogens with one attached hydrogen (secondary N) is 2. The topological polar surface area (TPSA) is 58.2 Å². The summed E-state index contributed by atoms with van der Waals surface area (Å²) in [5.41, 5.74) is 0.460. The van der Waals surface area contributed by atoms with Gasteiger partial charge in [0.25, 0.3) is 0 Å². The van der Waals surface area contributed by atoms with E-state index in [1.54, 1.807) is 6.07 Å². The van der Waals surface area contributed by atoms with Crippen LogP contribution >= 0.6 is 11.6 Å². The number of hydrogen-bond donors (Lipinski definition) is 2. The van der Waals surface area contributed by atoms with Gasteiger partial charge in [-0.25, -0.2) is 0 Å². The van der Waals surface area contributed by atoms with Crippen molar-refractivity contribution in [2.45, 2.75) is 37.1 Å². The molecule has 1 heterocycles. The fourth-order valence-electron chi connectivity index (χ4n) is 2.76. The standard InChI is InChI=1S/C15H17ClN2O2/c16-11-4-1-3-10(9-11)15(6-7-15)14(20)18-12-5-2-8-17-13(12)19/h1,3-4,9,12H,2,5-8H2,(H,17,19)(H,18,20)/t12-/m0/s1. The highest BCUT2D eigenvalue weighted by atomic mass is 35.5. The van der Waals surface area contributed by atoms with E-state index in [0.717, 1.165) is 24.8 Å². The molecule has 106 valence electrons. The van der Waals surface area contributed by atoms with Crippen molar-refractivity contribution in [3.63, 3.8) is 0 Å². The van der Waals surface area contributed by atoms with Crippen molar-refractivity contribution in [2.75, 3.05) is 6.54 Å². The summed E-state index contributed by atoms with van der Waals surface area (Å²) in [7, 11) is 0. The molecule has 2 amide bonds. The van der Waals surface area contributed by atoms with Gasteiger partial charge in [0.05, 0.1) is 5.41 Å². The Hall–Kier alpha value is -1.55. The molecule has 1 atom stereocenters. The second-order valence-corrected chi connectivity index (χ2v) is 5.99. The summed E-state index contributed by atoms with van der Waals surface area (Å²) in [6, 6.07) is 7.04. The van der Waals surface area contributed by atoms with Crippen molar-refractivity contribution in [2.24, 2.45) is 0 Å². The summed E-state index contributed by atoms with van der Waals surface area (Å²) in [6.45, 7) is 0.699. The van der Waals surface area contributed by atoms with Crippen molar-refractivity contribution in [3.8, 4) is 0 Å². The third kappa shape index (κ3) is 2.40. The Balaban J connectivity index is 1.75. The molecule has 0 radical (unpaired) electrons. The minimum Gasteiger partial charge on any atom is -0.354 e. The molecule has 5 heteroatoms. The normalized spacial score (nSPS) is 23.9. The van der Waals surface area contributed by atoms with Gasteiger partial charge in [0, 0.05) is 11.6 Å². The second kappa shape index (κ2) is 5.09. The first-order valence-corrected chi connectivity index (χ1v) is 7.34. The van der Waals surface area contributed by atoms with E-state index in [9.17, 15) is 9.59 Å². The van der Waals surface area contributed by atoms with Gasteiger partial charge in [-0.05, 0) is 43.4 Å². The van der Waals surface area contributed by atoms with Crippen LogP contribution in [0.3, 0.4) is 0 Å². The summed E-state index contributed by atoms with van der Waals surface area (Å²) in [4.78, 5) is 24.2. The highest BCUT2D eigenvalue weighted by Crippen LogP contribution is 2.49. The molecule has 4 nitrogen and oxygen atoms in total. The average molecular weight is 293 g/mol. The van der Waals surface area contributed by atoms with Crippen molar-refractivity contribution in [3.05, 3.63) is 34.9 Å². The average Bonchev–Trinajstić information content (AvgIpc) is 3.23. The number of hydrogen-bond acceptors (Lipinski definition) is 2.